The Morgan fingerprint density at radius 2 is 2.10 bits per heavy atom. The number of halogens is 3. The van der Waals surface area contributed by atoms with Crippen molar-refractivity contribution in [1.82, 2.24) is 4.98 Å². The molecule has 21 heavy (non-hydrogen) atoms. The van der Waals surface area contributed by atoms with Gasteiger partial charge in [-0.15, -0.1) is 13.2 Å². The van der Waals surface area contributed by atoms with E-state index < -0.39 is 40.3 Å². The number of hydrogen-bond acceptors (Lipinski definition) is 7. The van der Waals surface area contributed by atoms with E-state index >= 15 is 0 Å². The lowest BCUT2D eigenvalue weighted by atomic mass is 10.3. The maximum atomic E-state index is 12.3. The van der Waals surface area contributed by atoms with Crippen LogP contribution in [0, 0.1) is 10.1 Å². The number of rotatable bonds is 5. The Kier molecular flexibility index (Phi) is 4.89. The predicted molar refractivity (Wildman–Crippen MR) is 60.1 cm³/mol. The number of pyridine rings is 1. The van der Waals surface area contributed by atoms with Crippen molar-refractivity contribution in [3.05, 3.63) is 21.9 Å². The van der Waals surface area contributed by atoms with Crippen molar-refractivity contribution >= 4 is 11.7 Å². The van der Waals surface area contributed by atoms with Crippen molar-refractivity contribution < 1.29 is 37.1 Å². The van der Waals surface area contributed by atoms with E-state index in [9.17, 15) is 28.1 Å². The summed E-state index contributed by atoms with van der Waals surface area (Å²) in [7, 11) is 0.946. The molecule has 116 valence electrons. The fraction of sp³-hybridized carbons (Fsp3) is 0.400. The topological polar surface area (TPSA) is 101 Å². The van der Waals surface area contributed by atoms with Gasteiger partial charge in [-0.2, -0.15) is 4.98 Å². The van der Waals surface area contributed by atoms with E-state index in [0.29, 0.717) is 6.07 Å². The van der Waals surface area contributed by atoms with E-state index in [1.807, 2.05) is 0 Å². The Morgan fingerprint density at radius 3 is 2.52 bits per heavy atom. The van der Waals surface area contributed by atoms with Crippen LogP contribution in [0.3, 0.4) is 0 Å². The molecule has 1 heterocycles. The van der Waals surface area contributed by atoms with Crippen LogP contribution in [0.5, 0.6) is 11.6 Å². The van der Waals surface area contributed by atoms with Crippen molar-refractivity contribution in [2.75, 3.05) is 13.7 Å². The zero-order chi connectivity index (χ0) is 16.2. The number of hydrogen-bond donors (Lipinski definition) is 0. The second kappa shape index (κ2) is 6.24. The second-order valence-corrected chi connectivity index (χ2v) is 3.39. The number of aromatic nitrogens is 1. The van der Waals surface area contributed by atoms with Gasteiger partial charge in [0.1, 0.15) is 0 Å². The van der Waals surface area contributed by atoms with Gasteiger partial charge in [0, 0.05) is 6.07 Å². The first-order chi connectivity index (χ1) is 9.69. The molecule has 8 nitrogen and oxygen atoms in total. The molecule has 0 amide bonds. The molecule has 0 bridgehead atoms. The summed E-state index contributed by atoms with van der Waals surface area (Å²) in [6.07, 6.45) is -5.19. The molecule has 0 aliphatic rings. The van der Waals surface area contributed by atoms with Crippen LogP contribution in [0.25, 0.3) is 0 Å². The maximum absolute atomic E-state index is 12.3. The van der Waals surface area contributed by atoms with Gasteiger partial charge in [0.25, 0.3) is 5.88 Å². The molecule has 0 aliphatic heterocycles. The van der Waals surface area contributed by atoms with Crippen LogP contribution in [0.15, 0.2) is 6.07 Å². The van der Waals surface area contributed by atoms with Crippen LogP contribution in [0.2, 0.25) is 0 Å². The lowest BCUT2D eigenvalue weighted by molar-refractivity contribution is -0.389. The highest BCUT2D eigenvalue weighted by molar-refractivity contribution is 5.88. The zero-order valence-electron chi connectivity index (χ0n) is 10.8. The largest absolute Gasteiger partial charge is 0.573 e. The van der Waals surface area contributed by atoms with E-state index in [4.69, 9.17) is 0 Å². The van der Waals surface area contributed by atoms with E-state index in [-0.39, 0.29) is 6.61 Å². The molecule has 0 saturated carbocycles. The molecule has 1 aromatic rings. The summed E-state index contributed by atoms with van der Waals surface area (Å²) in [6.45, 7) is 1.41. The van der Waals surface area contributed by atoms with Gasteiger partial charge < -0.3 is 14.2 Å². The molecule has 0 aromatic carbocycles. The fourth-order valence-electron chi connectivity index (χ4n) is 1.32. The van der Waals surface area contributed by atoms with Crippen LogP contribution < -0.4 is 9.47 Å². The number of ether oxygens (including phenoxy) is 3. The minimum absolute atomic E-state index is 0.0602. The van der Waals surface area contributed by atoms with Gasteiger partial charge in [-0.3, -0.25) is 10.1 Å². The lowest BCUT2D eigenvalue weighted by Gasteiger charge is -2.11. The molecule has 11 heteroatoms. The molecule has 1 rings (SSSR count). The average Bonchev–Trinajstić information content (AvgIpc) is 2.35. The number of carbonyl (C=O) groups is 1. The predicted octanol–water partition coefficient (Wildman–Crippen LogP) is 2.07. The Morgan fingerprint density at radius 1 is 1.48 bits per heavy atom. The first kappa shape index (κ1) is 16.5. The Hall–Kier alpha value is -2.59. The molecule has 0 radical (unpaired) electrons. The molecule has 0 fully saturated rings. The van der Waals surface area contributed by atoms with Gasteiger partial charge >= 0.3 is 18.0 Å². The molecule has 0 atom stereocenters. The van der Waals surface area contributed by atoms with Crippen LogP contribution >= 0.6 is 0 Å². The standard InChI is InChI=1S/C10H9F3N2O6/c1-3-20-9(16)5-4-6(21-10(11,12)13)7(15(17)18)8(14-5)19-2/h4H,3H2,1-2H3. The maximum Gasteiger partial charge on any atom is 0.573 e. The minimum Gasteiger partial charge on any atom is -0.476 e. The second-order valence-electron chi connectivity index (χ2n) is 3.39. The summed E-state index contributed by atoms with van der Waals surface area (Å²) in [5.74, 6) is -3.09. The smallest absolute Gasteiger partial charge is 0.476 e. The van der Waals surface area contributed by atoms with E-state index in [1.165, 1.54) is 6.92 Å². The number of nitro groups is 1. The highest BCUT2D eigenvalue weighted by atomic mass is 19.4. The molecule has 0 spiro atoms. The summed E-state index contributed by atoms with van der Waals surface area (Å²) >= 11 is 0. The Labute approximate surface area is 115 Å². The van der Waals surface area contributed by atoms with Gasteiger partial charge in [-0.1, -0.05) is 0 Å². The lowest BCUT2D eigenvalue weighted by Crippen LogP contribution is -2.19. The summed E-state index contributed by atoms with van der Waals surface area (Å²) in [5, 5.41) is 10.8. The molecule has 0 N–H and O–H groups in total. The van der Waals surface area contributed by atoms with Crippen molar-refractivity contribution in [2.24, 2.45) is 0 Å². The average molecular weight is 310 g/mol. The van der Waals surface area contributed by atoms with E-state index in [2.05, 4.69) is 19.2 Å². The number of carbonyl (C=O) groups excluding carboxylic acids is 1. The van der Waals surface area contributed by atoms with E-state index in [1.54, 1.807) is 0 Å². The highest BCUT2D eigenvalue weighted by Gasteiger charge is 2.37. The summed E-state index contributed by atoms with van der Waals surface area (Å²) in [4.78, 5) is 24.6. The van der Waals surface area contributed by atoms with Crippen molar-refractivity contribution in [2.45, 2.75) is 13.3 Å². The normalized spacial score (nSPS) is 10.9. The first-order valence-corrected chi connectivity index (χ1v) is 5.35. The molecular weight excluding hydrogens is 301 g/mol. The minimum atomic E-state index is -5.19. The molecule has 0 saturated heterocycles. The number of nitrogens with zero attached hydrogens (tertiary/aromatic N) is 2. The van der Waals surface area contributed by atoms with Gasteiger partial charge in [0.2, 0.25) is 5.75 Å². The monoisotopic (exact) mass is 310 g/mol. The van der Waals surface area contributed by atoms with E-state index in [0.717, 1.165) is 7.11 Å². The van der Waals surface area contributed by atoms with Crippen molar-refractivity contribution in [3.8, 4) is 11.6 Å². The van der Waals surface area contributed by atoms with Crippen LogP contribution in [0.4, 0.5) is 18.9 Å². The fourth-order valence-corrected chi connectivity index (χ4v) is 1.32. The Bertz CT molecular complexity index is 560. The third-order valence-corrected chi connectivity index (χ3v) is 2.01. The number of methoxy groups -OCH3 is 1. The third kappa shape index (κ3) is 4.19. The van der Waals surface area contributed by atoms with Gasteiger partial charge in [-0.05, 0) is 6.92 Å². The third-order valence-electron chi connectivity index (χ3n) is 2.01. The summed E-state index contributed by atoms with van der Waals surface area (Å²) in [5.41, 5.74) is -1.76. The van der Waals surface area contributed by atoms with Crippen molar-refractivity contribution in [1.29, 1.82) is 0 Å². The van der Waals surface area contributed by atoms with Gasteiger partial charge in [0.05, 0.1) is 18.6 Å². The number of alkyl halides is 3. The van der Waals surface area contributed by atoms with Crippen molar-refractivity contribution in [3.63, 3.8) is 0 Å². The molecular formula is C10H9F3N2O6. The zero-order valence-corrected chi connectivity index (χ0v) is 10.8. The summed E-state index contributed by atoms with van der Waals surface area (Å²) < 4.78 is 49.4. The van der Waals surface area contributed by atoms with Crippen LogP contribution in [-0.2, 0) is 4.74 Å². The SMILES string of the molecule is CCOC(=O)c1cc(OC(F)(F)F)c([N+](=O)[O-])c(OC)n1. The molecule has 0 aliphatic carbocycles. The molecule has 0 unspecified atom stereocenters. The van der Waals surface area contributed by atoms with Crippen LogP contribution in [-0.4, -0.2) is 36.0 Å². The Balaban J connectivity index is 3.44. The first-order valence-electron chi connectivity index (χ1n) is 5.35. The quantitative estimate of drug-likeness (QED) is 0.466. The highest BCUT2D eigenvalue weighted by Crippen LogP contribution is 2.38. The van der Waals surface area contributed by atoms with Gasteiger partial charge in [0.15, 0.2) is 5.69 Å². The summed E-state index contributed by atoms with van der Waals surface area (Å²) in [6, 6.07) is 0.464. The van der Waals surface area contributed by atoms with Crippen LogP contribution in [0.1, 0.15) is 17.4 Å². The molecule has 1 aromatic heterocycles. The van der Waals surface area contributed by atoms with Gasteiger partial charge in [-0.25, -0.2) is 4.79 Å². The number of esters is 1.